The Balaban J connectivity index is 1.70. The predicted octanol–water partition coefficient (Wildman–Crippen LogP) is 6.56. The molecule has 127 valence electrons. The van der Waals surface area contributed by atoms with Crippen LogP contribution in [0.5, 0.6) is 0 Å². The third-order valence-corrected chi connectivity index (χ3v) is 6.28. The number of rotatable bonds is 4. The second-order valence-electron chi connectivity index (χ2n) is 8.64. The van der Waals surface area contributed by atoms with Gasteiger partial charge in [0.15, 0.2) is 0 Å². The molecule has 0 aromatic heterocycles. The lowest BCUT2D eigenvalue weighted by Gasteiger charge is -2.31. The Bertz CT molecular complexity index is 273. The number of hydrogen-bond donors (Lipinski definition) is 0. The van der Waals surface area contributed by atoms with Gasteiger partial charge in [0, 0.05) is 7.06 Å². The van der Waals surface area contributed by atoms with E-state index in [9.17, 15) is 0 Å². The van der Waals surface area contributed by atoms with E-state index in [1.165, 1.54) is 109 Å². The maximum absolute atomic E-state index is 2.58. The summed E-state index contributed by atoms with van der Waals surface area (Å²) in [7, 11) is 7.62. The summed E-state index contributed by atoms with van der Waals surface area (Å²) >= 11 is 0. The minimum atomic E-state index is 0.465. The Labute approximate surface area is 149 Å². The second kappa shape index (κ2) is 11.7. The molecule has 3 radical (unpaired) electrons. The summed E-state index contributed by atoms with van der Waals surface area (Å²) in [5.74, 6) is 0.854. The van der Waals surface area contributed by atoms with Crippen LogP contribution in [0.1, 0.15) is 116 Å². The van der Waals surface area contributed by atoms with Crippen LogP contribution in [0, 0.1) is 0 Å². The fraction of sp³-hybridized carbons (Fsp3) is 1.00. The van der Waals surface area contributed by atoms with Crippen LogP contribution in [0.2, 0.25) is 11.1 Å². The summed E-state index contributed by atoms with van der Waals surface area (Å²) in [5, 5.41) is 0.465. The molecule has 0 N–H and O–H groups in total. The van der Waals surface area contributed by atoms with E-state index in [2.05, 4.69) is 28.3 Å². The van der Waals surface area contributed by atoms with Crippen molar-refractivity contribution < 1.29 is 0 Å². The van der Waals surface area contributed by atoms with Crippen molar-refractivity contribution in [2.45, 2.75) is 127 Å². The Morgan fingerprint density at radius 1 is 0.609 bits per heavy atom. The van der Waals surface area contributed by atoms with Crippen LogP contribution >= 0.6 is 0 Å². The molecule has 3 heteroatoms. The van der Waals surface area contributed by atoms with Gasteiger partial charge in [-0.2, -0.15) is 0 Å². The lowest BCUT2D eigenvalue weighted by molar-refractivity contribution is 0.429. The molecule has 2 saturated carbocycles. The van der Waals surface area contributed by atoms with Gasteiger partial charge >= 0.3 is 0 Å². The van der Waals surface area contributed by atoms with Crippen LogP contribution in [0.3, 0.4) is 0 Å². The molecule has 2 aliphatic carbocycles. The largest absolute Gasteiger partial charge is 0.0782 e. The average Bonchev–Trinajstić information content (AvgIpc) is 2.68. The van der Waals surface area contributed by atoms with Crippen LogP contribution < -0.4 is 0 Å². The highest BCUT2D eigenvalue weighted by molar-refractivity contribution is 7.30. The lowest BCUT2D eigenvalue weighted by atomic mass is 9.11. The Morgan fingerprint density at radius 3 is 1.57 bits per heavy atom. The van der Waals surface area contributed by atoms with E-state index in [1.807, 2.05) is 0 Å². The molecule has 0 saturated heterocycles. The zero-order valence-corrected chi connectivity index (χ0v) is 15.8. The molecule has 0 aromatic rings. The average molecular weight is 311 g/mol. The fourth-order valence-corrected chi connectivity index (χ4v) is 4.54. The van der Waals surface area contributed by atoms with Crippen LogP contribution in [0.25, 0.3) is 0 Å². The van der Waals surface area contributed by atoms with Crippen molar-refractivity contribution in [2.24, 2.45) is 0 Å². The molecule has 2 aliphatic rings. The minimum Gasteiger partial charge on any atom is -0.0782 e. The fourth-order valence-electron chi connectivity index (χ4n) is 4.54. The van der Waals surface area contributed by atoms with E-state index < -0.39 is 0 Å². The number of hydrogen-bond acceptors (Lipinski definition) is 0. The van der Waals surface area contributed by atoms with Gasteiger partial charge in [0.05, 0.1) is 14.3 Å². The van der Waals surface area contributed by atoms with Crippen molar-refractivity contribution in [3.8, 4) is 0 Å². The van der Waals surface area contributed by atoms with Gasteiger partial charge in [-0.25, -0.2) is 0 Å². The monoisotopic (exact) mass is 311 g/mol. The first-order valence-electron chi connectivity index (χ1n) is 10.8. The standard InChI is InChI=1S/C20H38B3/c1-20(17-13-9-5-2-6-10-14-18-20)22-23-21-19-15-11-7-3-4-8-12-16-19/h19H,2-18H2,1H3. The SMILES string of the molecule is CC1([B][B][B]C2CCCCCCCC2)CCCCCCCCC1. The topological polar surface area (TPSA) is 0 Å². The first kappa shape index (κ1) is 19.5. The molecule has 2 fully saturated rings. The van der Waals surface area contributed by atoms with Gasteiger partial charge in [-0.3, -0.25) is 0 Å². The van der Waals surface area contributed by atoms with Crippen LogP contribution in [-0.2, 0) is 0 Å². The van der Waals surface area contributed by atoms with E-state index >= 15 is 0 Å². The van der Waals surface area contributed by atoms with Gasteiger partial charge in [0.2, 0.25) is 0 Å². The van der Waals surface area contributed by atoms with Gasteiger partial charge in [0.1, 0.15) is 0 Å². The Kier molecular flexibility index (Phi) is 9.93. The van der Waals surface area contributed by atoms with Crippen molar-refractivity contribution in [2.75, 3.05) is 0 Å². The first-order valence-corrected chi connectivity index (χ1v) is 10.8. The molecule has 0 aromatic carbocycles. The maximum Gasteiger partial charge on any atom is 0.0635 e. The molecule has 0 atom stereocenters. The minimum absolute atomic E-state index is 0.465. The molecule has 2 rings (SSSR count). The summed E-state index contributed by atoms with van der Waals surface area (Å²) in [6.45, 7) is 2.52. The van der Waals surface area contributed by atoms with E-state index in [1.54, 1.807) is 0 Å². The van der Waals surface area contributed by atoms with Crippen molar-refractivity contribution in [1.82, 2.24) is 0 Å². The second-order valence-corrected chi connectivity index (χ2v) is 8.64. The van der Waals surface area contributed by atoms with Crippen LogP contribution in [0.15, 0.2) is 0 Å². The highest BCUT2D eigenvalue weighted by atomic mass is 14.2. The maximum atomic E-state index is 2.58. The van der Waals surface area contributed by atoms with Crippen LogP contribution in [0.4, 0.5) is 0 Å². The highest BCUT2D eigenvalue weighted by Crippen LogP contribution is 2.38. The third-order valence-electron chi connectivity index (χ3n) is 6.28. The zero-order chi connectivity index (χ0) is 16.2. The van der Waals surface area contributed by atoms with Crippen molar-refractivity contribution >= 4 is 21.4 Å². The molecular formula is C20H38B3. The Morgan fingerprint density at radius 2 is 1.04 bits per heavy atom. The van der Waals surface area contributed by atoms with Crippen LogP contribution in [-0.4, -0.2) is 21.4 Å². The summed E-state index contributed by atoms with van der Waals surface area (Å²) in [5.41, 5.74) is 0. The third kappa shape index (κ3) is 8.73. The summed E-state index contributed by atoms with van der Waals surface area (Å²) in [4.78, 5) is 0. The van der Waals surface area contributed by atoms with Gasteiger partial charge < -0.3 is 0 Å². The molecular weight excluding hydrogens is 273 g/mol. The lowest BCUT2D eigenvalue weighted by Crippen LogP contribution is -2.28. The first-order chi connectivity index (χ1) is 11.3. The van der Waals surface area contributed by atoms with Gasteiger partial charge in [-0.15, -0.1) is 0 Å². The molecule has 0 nitrogen and oxygen atoms in total. The van der Waals surface area contributed by atoms with E-state index in [-0.39, 0.29) is 0 Å². The van der Waals surface area contributed by atoms with E-state index in [4.69, 9.17) is 0 Å². The summed E-state index contributed by atoms with van der Waals surface area (Å²) in [6.07, 6.45) is 24.6. The molecule has 0 spiro atoms. The van der Waals surface area contributed by atoms with E-state index in [0.29, 0.717) is 5.31 Å². The van der Waals surface area contributed by atoms with Gasteiger partial charge in [0.25, 0.3) is 0 Å². The van der Waals surface area contributed by atoms with Crippen molar-refractivity contribution in [1.29, 1.82) is 0 Å². The molecule has 0 amide bonds. The van der Waals surface area contributed by atoms with E-state index in [0.717, 1.165) is 5.82 Å². The van der Waals surface area contributed by atoms with Crippen molar-refractivity contribution in [3.05, 3.63) is 0 Å². The van der Waals surface area contributed by atoms with Gasteiger partial charge in [-0.05, 0) is 0 Å². The summed E-state index contributed by atoms with van der Waals surface area (Å²) in [6, 6.07) is 0. The van der Waals surface area contributed by atoms with Gasteiger partial charge in [-0.1, -0.05) is 127 Å². The summed E-state index contributed by atoms with van der Waals surface area (Å²) < 4.78 is 0. The normalized spacial score (nSPS) is 25.4. The molecule has 0 bridgehead atoms. The highest BCUT2D eigenvalue weighted by Gasteiger charge is 2.24. The zero-order valence-electron chi connectivity index (χ0n) is 15.8. The van der Waals surface area contributed by atoms with Crippen molar-refractivity contribution in [3.63, 3.8) is 0 Å². The molecule has 0 aliphatic heterocycles. The quantitative estimate of drug-likeness (QED) is 0.516. The predicted molar refractivity (Wildman–Crippen MR) is 108 cm³/mol. The molecule has 23 heavy (non-hydrogen) atoms. The molecule has 0 unspecified atom stereocenters. The molecule has 0 heterocycles. The smallest absolute Gasteiger partial charge is 0.0635 e. The Hall–Kier alpha value is 0.195.